The summed E-state index contributed by atoms with van der Waals surface area (Å²) in [4.78, 5) is 14.2. The van der Waals surface area contributed by atoms with Gasteiger partial charge in [0.25, 0.3) is 5.91 Å². The highest BCUT2D eigenvalue weighted by atomic mass is 35.5. The number of nitrogens with zero attached hydrogens (tertiary/aromatic N) is 1. The first kappa shape index (κ1) is 23.4. The lowest BCUT2D eigenvalue weighted by Crippen LogP contribution is -2.38. The number of aliphatic hydroxyl groups is 1. The van der Waals surface area contributed by atoms with Gasteiger partial charge in [0, 0.05) is 18.1 Å². The minimum absolute atomic E-state index is 0.0225. The number of benzene rings is 2. The molecule has 1 heterocycles. The molecule has 1 fully saturated rings. The molecule has 0 aromatic heterocycles. The SMILES string of the molecule is Cc1cc(OCC2(O)CCCN(C(=O)c3ccccc3C(F)(F)F)CC2)cc(C)c1Cl. The first-order valence-electron chi connectivity index (χ1n) is 10.1. The number of hydrogen-bond donors (Lipinski definition) is 1. The molecule has 1 amide bonds. The van der Waals surface area contributed by atoms with E-state index in [1.54, 1.807) is 12.1 Å². The van der Waals surface area contributed by atoms with Crippen molar-refractivity contribution in [3.8, 4) is 5.75 Å². The Morgan fingerprint density at radius 2 is 1.81 bits per heavy atom. The van der Waals surface area contributed by atoms with Crippen LogP contribution in [0, 0.1) is 13.8 Å². The van der Waals surface area contributed by atoms with E-state index >= 15 is 0 Å². The molecule has 0 spiro atoms. The summed E-state index contributed by atoms with van der Waals surface area (Å²) >= 11 is 6.17. The van der Waals surface area contributed by atoms with Gasteiger partial charge in [0.15, 0.2) is 0 Å². The number of aryl methyl sites for hydroxylation is 2. The molecule has 8 heteroatoms. The van der Waals surface area contributed by atoms with Crippen LogP contribution in [0.1, 0.15) is 46.3 Å². The summed E-state index contributed by atoms with van der Waals surface area (Å²) in [6, 6.07) is 8.36. The van der Waals surface area contributed by atoms with Crippen LogP contribution in [0.3, 0.4) is 0 Å². The number of halogens is 4. The smallest absolute Gasteiger partial charge is 0.417 e. The van der Waals surface area contributed by atoms with Gasteiger partial charge in [0.1, 0.15) is 18.0 Å². The van der Waals surface area contributed by atoms with E-state index in [-0.39, 0.29) is 31.7 Å². The van der Waals surface area contributed by atoms with E-state index in [1.165, 1.54) is 23.1 Å². The highest BCUT2D eigenvalue weighted by Crippen LogP contribution is 2.33. The summed E-state index contributed by atoms with van der Waals surface area (Å²) in [7, 11) is 0. The predicted octanol–water partition coefficient (Wildman–Crippen LogP) is 5.41. The topological polar surface area (TPSA) is 49.8 Å². The second-order valence-electron chi connectivity index (χ2n) is 8.07. The van der Waals surface area contributed by atoms with Crippen LogP contribution in [-0.2, 0) is 6.18 Å². The van der Waals surface area contributed by atoms with Crippen molar-refractivity contribution < 1.29 is 27.8 Å². The average molecular weight is 456 g/mol. The third-order valence-electron chi connectivity index (χ3n) is 5.58. The van der Waals surface area contributed by atoms with Crippen molar-refractivity contribution in [3.05, 3.63) is 63.7 Å². The molecule has 1 N–H and O–H groups in total. The van der Waals surface area contributed by atoms with E-state index in [2.05, 4.69) is 0 Å². The van der Waals surface area contributed by atoms with Crippen molar-refractivity contribution >= 4 is 17.5 Å². The number of alkyl halides is 3. The van der Waals surface area contributed by atoms with Gasteiger partial charge in [0.2, 0.25) is 0 Å². The molecule has 1 aliphatic heterocycles. The van der Waals surface area contributed by atoms with Gasteiger partial charge in [-0.1, -0.05) is 23.7 Å². The third kappa shape index (κ3) is 5.52. The Morgan fingerprint density at radius 3 is 2.45 bits per heavy atom. The molecule has 1 atom stereocenters. The van der Waals surface area contributed by atoms with Crippen LogP contribution in [0.2, 0.25) is 5.02 Å². The van der Waals surface area contributed by atoms with E-state index < -0.39 is 23.2 Å². The van der Waals surface area contributed by atoms with Crippen molar-refractivity contribution in [1.29, 1.82) is 0 Å². The summed E-state index contributed by atoms with van der Waals surface area (Å²) in [5.41, 5.74) is -0.769. The Morgan fingerprint density at radius 1 is 1.16 bits per heavy atom. The van der Waals surface area contributed by atoms with Gasteiger partial charge in [-0.3, -0.25) is 4.79 Å². The lowest BCUT2D eigenvalue weighted by Gasteiger charge is -2.27. The summed E-state index contributed by atoms with van der Waals surface area (Å²) in [5, 5.41) is 11.7. The molecule has 3 rings (SSSR count). The predicted molar refractivity (Wildman–Crippen MR) is 113 cm³/mol. The number of carbonyl (C=O) groups excluding carboxylic acids is 1. The number of ether oxygens (including phenoxy) is 1. The number of amides is 1. The summed E-state index contributed by atoms with van der Waals surface area (Å²) in [6.45, 7) is 4.17. The Balaban J connectivity index is 1.68. The molecule has 1 saturated heterocycles. The second kappa shape index (κ2) is 9.09. The Hall–Kier alpha value is -2.25. The maximum atomic E-state index is 13.3. The van der Waals surface area contributed by atoms with Crippen LogP contribution >= 0.6 is 11.6 Å². The molecule has 0 saturated carbocycles. The van der Waals surface area contributed by atoms with Gasteiger partial charge in [-0.15, -0.1) is 0 Å². The Labute approximate surface area is 184 Å². The van der Waals surface area contributed by atoms with Crippen LogP contribution in [0.4, 0.5) is 13.2 Å². The average Bonchev–Trinajstić information content (AvgIpc) is 2.91. The van der Waals surface area contributed by atoms with Crippen LogP contribution in [0.15, 0.2) is 36.4 Å². The normalized spacial score (nSPS) is 19.8. The lowest BCUT2D eigenvalue weighted by atomic mass is 9.96. The summed E-state index contributed by atoms with van der Waals surface area (Å²) in [5.74, 6) is -0.0915. The van der Waals surface area contributed by atoms with Crippen LogP contribution in [0.25, 0.3) is 0 Å². The van der Waals surface area contributed by atoms with Gasteiger partial charge < -0.3 is 14.7 Å². The minimum atomic E-state index is -4.61. The third-order valence-corrected chi connectivity index (χ3v) is 6.18. The van der Waals surface area contributed by atoms with Gasteiger partial charge in [-0.25, -0.2) is 0 Å². The molecule has 168 valence electrons. The zero-order chi connectivity index (χ0) is 22.8. The molecular weight excluding hydrogens is 431 g/mol. The first-order chi connectivity index (χ1) is 14.5. The van der Waals surface area contributed by atoms with E-state index in [0.717, 1.165) is 17.2 Å². The zero-order valence-electron chi connectivity index (χ0n) is 17.4. The molecule has 2 aromatic carbocycles. The zero-order valence-corrected chi connectivity index (χ0v) is 18.2. The standard InChI is InChI=1S/C23H25ClF3NO3/c1-15-12-17(13-16(2)20(15)24)31-14-22(30)8-5-10-28(11-9-22)21(29)18-6-3-4-7-19(18)23(25,26)27/h3-4,6-7,12-13,30H,5,8-11,14H2,1-2H3. The van der Waals surface area contributed by atoms with Gasteiger partial charge in [-0.05, 0) is 68.5 Å². The van der Waals surface area contributed by atoms with Crippen molar-refractivity contribution in [2.24, 2.45) is 0 Å². The maximum absolute atomic E-state index is 13.3. The van der Waals surface area contributed by atoms with Crippen molar-refractivity contribution in [3.63, 3.8) is 0 Å². The van der Waals surface area contributed by atoms with E-state index in [0.29, 0.717) is 23.6 Å². The van der Waals surface area contributed by atoms with Crippen molar-refractivity contribution in [2.75, 3.05) is 19.7 Å². The van der Waals surface area contributed by atoms with E-state index in [4.69, 9.17) is 16.3 Å². The fourth-order valence-corrected chi connectivity index (χ4v) is 3.93. The molecule has 4 nitrogen and oxygen atoms in total. The molecule has 1 unspecified atom stereocenters. The quantitative estimate of drug-likeness (QED) is 0.670. The summed E-state index contributed by atoms with van der Waals surface area (Å²) < 4.78 is 45.7. The van der Waals surface area contributed by atoms with Crippen molar-refractivity contribution in [2.45, 2.75) is 44.9 Å². The molecule has 1 aliphatic rings. The Bertz CT molecular complexity index is 940. The highest BCUT2D eigenvalue weighted by Gasteiger charge is 2.37. The highest BCUT2D eigenvalue weighted by molar-refractivity contribution is 6.32. The number of rotatable bonds is 4. The lowest BCUT2D eigenvalue weighted by molar-refractivity contribution is -0.138. The molecule has 2 aromatic rings. The maximum Gasteiger partial charge on any atom is 0.417 e. The van der Waals surface area contributed by atoms with Crippen LogP contribution in [0.5, 0.6) is 5.75 Å². The van der Waals surface area contributed by atoms with E-state index in [1.807, 2.05) is 13.8 Å². The molecule has 0 aliphatic carbocycles. The molecular formula is C23H25ClF3NO3. The molecule has 0 radical (unpaired) electrons. The number of carbonyl (C=O) groups is 1. The monoisotopic (exact) mass is 455 g/mol. The van der Waals surface area contributed by atoms with Crippen molar-refractivity contribution in [1.82, 2.24) is 4.90 Å². The van der Waals surface area contributed by atoms with Gasteiger partial charge >= 0.3 is 6.18 Å². The van der Waals surface area contributed by atoms with Gasteiger partial charge in [0.05, 0.1) is 11.1 Å². The minimum Gasteiger partial charge on any atom is -0.491 e. The summed E-state index contributed by atoms with van der Waals surface area (Å²) in [6.07, 6.45) is -3.57. The van der Waals surface area contributed by atoms with E-state index in [9.17, 15) is 23.1 Å². The second-order valence-corrected chi connectivity index (χ2v) is 8.45. The molecule has 31 heavy (non-hydrogen) atoms. The fraction of sp³-hybridized carbons (Fsp3) is 0.435. The molecule has 0 bridgehead atoms. The number of likely N-dealkylation sites (tertiary alicyclic amines) is 1. The van der Waals surface area contributed by atoms with Gasteiger partial charge in [-0.2, -0.15) is 13.2 Å². The first-order valence-corrected chi connectivity index (χ1v) is 10.5. The Kier molecular flexibility index (Phi) is 6.86. The fourth-order valence-electron chi connectivity index (χ4n) is 3.82. The number of hydrogen-bond acceptors (Lipinski definition) is 3. The van der Waals surface area contributed by atoms with Crippen LogP contribution < -0.4 is 4.74 Å². The largest absolute Gasteiger partial charge is 0.491 e. The van der Waals surface area contributed by atoms with Crippen LogP contribution in [-0.4, -0.2) is 41.2 Å².